The second-order valence-corrected chi connectivity index (χ2v) is 2.95. The molecule has 0 spiro atoms. The van der Waals surface area contributed by atoms with Crippen molar-refractivity contribution in [3.8, 4) is 0 Å². The number of hydrogen-bond acceptors (Lipinski definition) is 4. The summed E-state index contributed by atoms with van der Waals surface area (Å²) in [4.78, 5) is 0. The van der Waals surface area contributed by atoms with Crippen molar-refractivity contribution in [3.63, 3.8) is 0 Å². The van der Waals surface area contributed by atoms with E-state index in [-0.39, 0.29) is 12.1 Å². The van der Waals surface area contributed by atoms with Crippen molar-refractivity contribution >= 4 is 0 Å². The van der Waals surface area contributed by atoms with Crippen molar-refractivity contribution in [1.82, 2.24) is 5.32 Å². The SMILES string of the molecule is COCC(CNCC(C)N)OC. The fourth-order valence-electron chi connectivity index (χ4n) is 0.868. The molecular weight excluding hydrogens is 156 g/mol. The van der Waals surface area contributed by atoms with E-state index in [1.807, 2.05) is 6.92 Å². The summed E-state index contributed by atoms with van der Waals surface area (Å²) in [7, 11) is 3.34. The molecule has 0 bridgehead atoms. The molecule has 2 atom stereocenters. The molecule has 0 aromatic carbocycles. The van der Waals surface area contributed by atoms with Gasteiger partial charge in [-0.05, 0) is 6.92 Å². The van der Waals surface area contributed by atoms with E-state index in [2.05, 4.69) is 5.32 Å². The Morgan fingerprint density at radius 1 is 1.33 bits per heavy atom. The standard InChI is InChI=1S/C8H20N2O2/c1-7(9)4-10-5-8(12-3)6-11-2/h7-8,10H,4-6,9H2,1-3H3. The van der Waals surface area contributed by atoms with Crippen LogP contribution in [0.4, 0.5) is 0 Å². The third kappa shape index (κ3) is 6.54. The van der Waals surface area contributed by atoms with Gasteiger partial charge in [0.2, 0.25) is 0 Å². The van der Waals surface area contributed by atoms with Gasteiger partial charge in [-0.1, -0.05) is 0 Å². The second-order valence-electron chi connectivity index (χ2n) is 2.95. The van der Waals surface area contributed by atoms with Gasteiger partial charge in [-0.15, -0.1) is 0 Å². The number of hydrogen-bond donors (Lipinski definition) is 2. The number of nitrogens with two attached hydrogens (primary N) is 1. The number of ether oxygens (including phenoxy) is 2. The van der Waals surface area contributed by atoms with Crippen molar-refractivity contribution < 1.29 is 9.47 Å². The Bertz CT molecular complexity index is 99.1. The first-order chi connectivity index (χ1) is 5.70. The van der Waals surface area contributed by atoms with Gasteiger partial charge in [0.1, 0.15) is 0 Å². The molecule has 0 amide bonds. The van der Waals surface area contributed by atoms with Crippen LogP contribution in [0.5, 0.6) is 0 Å². The maximum atomic E-state index is 5.56. The van der Waals surface area contributed by atoms with E-state index in [1.165, 1.54) is 0 Å². The van der Waals surface area contributed by atoms with Gasteiger partial charge in [-0.2, -0.15) is 0 Å². The molecule has 0 rings (SSSR count). The molecule has 0 aliphatic carbocycles. The van der Waals surface area contributed by atoms with Gasteiger partial charge in [0, 0.05) is 33.4 Å². The fraction of sp³-hybridized carbons (Fsp3) is 1.00. The van der Waals surface area contributed by atoms with Crippen molar-refractivity contribution in [1.29, 1.82) is 0 Å². The van der Waals surface area contributed by atoms with Crippen molar-refractivity contribution in [2.45, 2.75) is 19.1 Å². The van der Waals surface area contributed by atoms with Gasteiger partial charge in [-0.25, -0.2) is 0 Å². The highest BCUT2D eigenvalue weighted by Gasteiger charge is 2.05. The van der Waals surface area contributed by atoms with Crippen LogP contribution in [0.3, 0.4) is 0 Å². The first-order valence-electron chi connectivity index (χ1n) is 4.18. The molecule has 0 saturated heterocycles. The van der Waals surface area contributed by atoms with E-state index in [1.54, 1.807) is 14.2 Å². The Morgan fingerprint density at radius 2 is 2.00 bits per heavy atom. The molecule has 12 heavy (non-hydrogen) atoms. The smallest absolute Gasteiger partial charge is 0.0928 e. The molecule has 0 aromatic rings. The molecule has 0 fully saturated rings. The second kappa shape index (κ2) is 7.49. The van der Waals surface area contributed by atoms with Gasteiger partial charge in [0.25, 0.3) is 0 Å². The molecule has 2 unspecified atom stereocenters. The lowest BCUT2D eigenvalue weighted by Gasteiger charge is -2.15. The van der Waals surface area contributed by atoms with Crippen LogP contribution in [0, 0.1) is 0 Å². The highest BCUT2D eigenvalue weighted by Crippen LogP contribution is 1.88. The summed E-state index contributed by atoms with van der Waals surface area (Å²) in [5.74, 6) is 0. The normalized spacial score (nSPS) is 16.0. The zero-order valence-electron chi connectivity index (χ0n) is 8.17. The van der Waals surface area contributed by atoms with Crippen LogP contribution in [0.25, 0.3) is 0 Å². The lowest BCUT2D eigenvalue weighted by molar-refractivity contribution is 0.0289. The van der Waals surface area contributed by atoms with Crippen LogP contribution < -0.4 is 11.1 Å². The molecule has 4 heteroatoms. The van der Waals surface area contributed by atoms with Crippen LogP contribution in [-0.2, 0) is 9.47 Å². The maximum Gasteiger partial charge on any atom is 0.0928 e. The summed E-state index contributed by atoms with van der Waals surface area (Å²) in [6, 6.07) is 0.185. The van der Waals surface area contributed by atoms with E-state index in [4.69, 9.17) is 15.2 Å². The third-order valence-corrected chi connectivity index (χ3v) is 1.52. The minimum Gasteiger partial charge on any atom is -0.382 e. The summed E-state index contributed by atoms with van der Waals surface area (Å²) >= 11 is 0. The van der Waals surface area contributed by atoms with Crippen LogP contribution in [0.2, 0.25) is 0 Å². The Kier molecular flexibility index (Phi) is 7.39. The molecular formula is C8H20N2O2. The van der Waals surface area contributed by atoms with E-state index in [9.17, 15) is 0 Å². The van der Waals surface area contributed by atoms with Gasteiger partial charge in [-0.3, -0.25) is 0 Å². The van der Waals surface area contributed by atoms with Crippen molar-refractivity contribution in [3.05, 3.63) is 0 Å². The summed E-state index contributed by atoms with van der Waals surface area (Å²) in [6.45, 7) is 4.17. The van der Waals surface area contributed by atoms with E-state index in [0.717, 1.165) is 13.1 Å². The first kappa shape index (κ1) is 11.8. The maximum absolute atomic E-state index is 5.56. The average Bonchev–Trinajstić information content (AvgIpc) is 2.02. The largest absolute Gasteiger partial charge is 0.382 e. The number of rotatable bonds is 7. The molecule has 0 radical (unpaired) electrons. The van der Waals surface area contributed by atoms with Gasteiger partial charge in [0.05, 0.1) is 12.7 Å². The van der Waals surface area contributed by atoms with Crippen molar-refractivity contribution in [2.24, 2.45) is 5.73 Å². The molecule has 0 saturated carbocycles. The molecule has 0 aromatic heterocycles. The third-order valence-electron chi connectivity index (χ3n) is 1.52. The van der Waals surface area contributed by atoms with Crippen LogP contribution in [0.1, 0.15) is 6.92 Å². The van der Waals surface area contributed by atoms with Crippen LogP contribution in [-0.4, -0.2) is 46.1 Å². The molecule has 0 heterocycles. The van der Waals surface area contributed by atoms with E-state index in [0.29, 0.717) is 6.61 Å². The Labute approximate surface area is 74.4 Å². The highest BCUT2D eigenvalue weighted by atomic mass is 16.5. The van der Waals surface area contributed by atoms with Gasteiger partial charge < -0.3 is 20.5 Å². The molecule has 0 aliphatic heterocycles. The molecule has 3 N–H and O–H groups in total. The Morgan fingerprint density at radius 3 is 2.42 bits per heavy atom. The minimum absolute atomic E-state index is 0.119. The van der Waals surface area contributed by atoms with Crippen LogP contribution in [0.15, 0.2) is 0 Å². The topological polar surface area (TPSA) is 56.5 Å². The van der Waals surface area contributed by atoms with Gasteiger partial charge >= 0.3 is 0 Å². The number of nitrogens with one attached hydrogen (secondary N) is 1. The van der Waals surface area contributed by atoms with Gasteiger partial charge in [0.15, 0.2) is 0 Å². The zero-order valence-corrected chi connectivity index (χ0v) is 8.17. The zero-order chi connectivity index (χ0) is 9.40. The molecule has 74 valence electrons. The average molecular weight is 176 g/mol. The summed E-state index contributed by atoms with van der Waals surface area (Å²) in [5.41, 5.74) is 5.56. The monoisotopic (exact) mass is 176 g/mol. The molecule has 0 aliphatic rings. The lowest BCUT2D eigenvalue weighted by Crippen LogP contribution is -2.38. The highest BCUT2D eigenvalue weighted by molar-refractivity contribution is 4.63. The van der Waals surface area contributed by atoms with E-state index < -0.39 is 0 Å². The van der Waals surface area contributed by atoms with Crippen LogP contribution >= 0.6 is 0 Å². The minimum atomic E-state index is 0.119. The summed E-state index contributed by atoms with van der Waals surface area (Å²) < 4.78 is 10.1. The lowest BCUT2D eigenvalue weighted by atomic mass is 10.3. The Hall–Kier alpha value is -0.160. The quantitative estimate of drug-likeness (QED) is 0.553. The predicted molar refractivity (Wildman–Crippen MR) is 49.2 cm³/mol. The first-order valence-corrected chi connectivity index (χ1v) is 4.18. The fourth-order valence-corrected chi connectivity index (χ4v) is 0.868. The predicted octanol–water partition coefficient (Wildman–Crippen LogP) is -0.415. The van der Waals surface area contributed by atoms with Crippen molar-refractivity contribution in [2.75, 3.05) is 33.9 Å². The Balaban J connectivity index is 3.31. The van der Waals surface area contributed by atoms with E-state index >= 15 is 0 Å². The summed E-state index contributed by atoms with van der Waals surface area (Å²) in [6.07, 6.45) is 0.119. The summed E-state index contributed by atoms with van der Waals surface area (Å²) in [5, 5.41) is 3.19. The number of methoxy groups -OCH3 is 2. The molecule has 4 nitrogen and oxygen atoms in total.